The van der Waals surface area contributed by atoms with Crippen molar-refractivity contribution in [3.8, 4) is 0 Å². The molecule has 2 atom stereocenters. The molecule has 92 valence electrons. The molecule has 0 aromatic heterocycles. The van der Waals surface area contributed by atoms with Gasteiger partial charge in [-0.05, 0) is 67.2 Å². The second-order valence-electron chi connectivity index (χ2n) is 5.96. The van der Waals surface area contributed by atoms with Gasteiger partial charge in [-0.25, -0.2) is 4.39 Å². The Bertz CT molecular complexity index is 406. The molecule has 0 radical (unpaired) electrons. The van der Waals surface area contributed by atoms with Crippen LogP contribution in [-0.2, 0) is 0 Å². The molecule has 1 heteroatoms. The van der Waals surface area contributed by atoms with Crippen molar-refractivity contribution in [2.75, 3.05) is 0 Å². The quantitative estimate of drug-likeness (QED) is 0.686. The molecular weight excluding hydrogens is 211 g/mol. The Labute approximate surface area is 103 Å². The van der Waals surface area contributed by atoms with Crippen molar-refractivity contribution in [1.82, 2.24) is 0 Å². The van der Waals surface area contributed by atoms with E-state index < -0.39 is 0 Å². The maximum absolute atomic E-state index is 13.1. The Morgan fingerprint density at radius 1 is 1.06 bits per heavy atom. The van der Waals surface area contributed by atoms with E-state index in [1.807, 2.05) is 6.07 Å². The van der Waals surface area contributed by atoms with Crippen molar-refractivity contribution in [2.45, 2.75) is 51.4 Å². The van der Waals surface area contributed by atoms with Crippen LogP contribution in [0.5, 0.6) is 0 Å². The molecule has 0 nitrogen and oxygen atoms in total. The summed E-state index contributed by atoms with van der Waals surface area (Å²) in [6.07, 6.45) is 8.41. The first-order chi connectivity index (χ1) is 8.24. The molecule has 2 aliphatic carbocycles. The Kier molecular flexibility index (Phi) is 2.94. The second kappa shape index (κ2) is 4.44. The summed E-state index contributed by atoms with van der Waals surface area (Å²) in [6, 6.07) is 5.32. The summed E-state index contributed by atoms with van der Waals surface area (Å²) in [7, 11) is 0. The molecule has 0 spiro atoms. The lowest BCUT2D eigenvalue weighted by Crippen LogP contribution is -2.19. The van der Waals surface area contributed by atoms with Crippen LogP contribution in [-0.4, -0.2) is 0 Å². The zero-order valence-corrected chi connectivity index (χ0v) is 10.6. The largest absolute Gasteiger partial charge is 0.207 e. The summed E-state index contributed by atoms with van der Waals surface area (Å²) in [5.74, 6) is 2.57. The van der Waals surface area contributed by atoms with Crippen molar-refractivity contribution < 1.29 is 4.39 Å². The lowest BCUT2D eigenvalue weighted by Gasteiger charge is -2.31. The third-order valence-electron chi connectivity index (χ3n) is 4.96. The van der Waals surface area contributed by atoms with Gasteiger partial charge in [-0.1, -0.05) is 25.3 Å². The van der Waals surface area contributed by atoms with Gasteiger partial charge in [0.2, 0.25) is 0 Å². The Morgan fingerprint density at radius 3 is 2.53 bits per heavy atom. The van der Waals surface area contributed by atoms with Crippen LogP contribution in [0.4, 0.5) is 4.39 Å². The van der Waals surface area contributed by atoms with E-state index in [1.54, 1.807) is 12.1 Å². The molecule has 2 aliphatic rings. The van der Waals surface area contributed by atoms with Crippen molar-refractivity contribution >= 4 is 0 Å². The van der Waals surface area contributed by atoms with E-state index >= 15 is 0 Å². The summed E-state index contributed by atoms with van der Waals surface area (Å²) in [5.41, 5.74) is 2.54. The van der Waals surface area contributed by atoms with Crippen LogP contribution >= 0.6 is 0 Å². The molecule has 17 heavy (non-hydrogen) atoms. The maximum Gasteiger partial charge on any atom is 0.123 e. The van der Waals surface area contributed by atoms with Gasteiger partial charge in [0.15, 0.2) is 0 Å². The van der Waals surface area contributed by atoms with E-state index in [0.717, 1.165) is 17.4 Å². The second-order valence-corrected chi connectivity index (χ2v) is 5.96. The summed E-state index contributed by atoms with van der Waals surface area (Å²) in [4.78, 5) is 0. The van der Waals surface area contributed by atoms with Crippen LogP contribution < -0.4 is 0 Å². The number of hydrogen-bond donors (Lipinski definition) is 0. The molecule has 1 aromatic rings. The summed E-state index contributed by atoms with van der Waals surface area (Å²) in [5, 5.41) is 0. The predicted octanol–water partition coefficient (Wildman–Crippen LogP) is 4.82. The van der Waals surface area contributed by atoms with Crippen molar-refractivity contribution in [3.05, 3.63) is 35.1 Å². The van der Waals surface area contributed by atoms with Crippen LogP contribution in [0.25, 0.3) is 0 Å². The average molecular weight is 232 g/mol. The zero-order chi connectivity index (χ0) is 11.8. The standard InChI is InChI=1S/C16H21F/c1-11-9-15(17)7-8-16(11)14-6-5-13(10-14)12-3-2-4-12/h7-9,12-14H,2-6,10H2,1H3/t13?,14-/m1/s1. The monoisotopic (exact) mass is 232 g/mol. The van der Waals surface area contributed by atoms with E-state index in [4.69, 9.17) is 0 Å². The first-order valence-corrected chi connectivity index (χ1v) is 7.00. The molecule has 0 N–H and O–H groups in total. The number of benzene rings is 1. The maximum atomic E-state index is 13.1. The molecule has 2 fully saturated rings. The van der Waals surface area contributed by atoms with E-state index in [0.29, 0.717) is 5.92 Å². The van der Waals surface area contributed by atoms with Crippen molar-refractivity contribution in [1.29, 1.82) is 0 Å². The van der Waals surface area contributed by atoms with Crippen LogP contribution in [0.15, 0.2) is 18.2 Å². The number of rotatable bonds is 2. The molecule has 1 unspecified atom stereocenters. The normalized spacial score (nSPS) is 29.3. The Balaban J connectivity index is 1.72. The summed E-state index contributed by atoms with van der Waals surface area (Å²) in [6.45, 7) is 2.05. The van der Waals surface area contributed by atoms with E-state index in [-0.39, 0.29) is 5.82 Å². The Morgan fingerprint density at radius 2 is 1.88 bits per heavy atom. The highest BCUT2D eigenvalue weighted by molar-refractivity contribution is 5.30. The highest BCUT2D eigenvalue weighted by Crippen LogP contribution is 2.47. The van der Waals surface area contributed by atoms with E-state index in [1.165, 1.54) is 44.1 Å². The van der Waals surface area contributed by atoms with Gasteiger partial charge in [-0.15, -0.1) is 0 Å². The molecule has 0 heterocycles. The fourth-order valence-corrected chi connectivity index (χ4v) is 3.74. The highest BCUT2D eigenvalue weighted by Gasteiger charge is 2.34. The first-order valence-electron chi connectivity index (χ1n) is 7.00. The molecule has 2 saturated carbocycles. The van der Waals surface area contributed by atoms with Gasteiger partial charge in [0.1, 0.15) is 5.82 Å². The topological polar surface area (TPSA) is 0 Å². The van der Waals surface area contributed by atoms with E-state index in [2.05, 4.69) is 6.92 Å². The molecular formula is C16H21F. The van der Waals surface area contributed by atoms with Gasteiger partial charge in [-0.3, -0.25) is 0 Å². The third-order valence-corrected chi connectivity index (χ3v) is 4.96. The average Bonchev–Trinajstić information content (AvgIpc) is 2.64. The lowest BCUT2D eigenvalue weighted by atomic mass is 9.74. The number of aryl methyl sites for hydroxylation is 1. The predicted molar refractivity (Wildman–Crippen MR) is 68.6 cm³/mol. The number of hydrogen-bond acceptors (Lipinski definition) is 0. The minimum absolute atomic E-state index is 0.0974. The van der Waals surface area contributed by atoms with Gasteiger partial charge in [0.05, 0.1) is 0 Å². The van der Waals surface area contributed by atoms with E-state index in [9.17, 15) is 4.39 Å². The molecule has 0 bridgehead atoms. The molecule has 0 saturated heterocycles. The fourth-order valence-electron chi connectivity index (χ4n) is 3.74. The minimum Gasteiger partial charge on any atom is -0.207 e. The summed E-state index contributed by atoms with van der Waals surface area (Å²) < 4.78 is 13.1. The fraction of sp³-hybridized carbons (Fsp3) is 0.625. The summed E-state index contributed by atoms with van der Waals surface area (Å²) >= 11 is 0. The molecule has 0 aliphatic heterocycles. The number of halogens is 1. The van der Waals surface area contributed by atoms with Gasteiger partial charge in [-0.2, -0.15) is 0 Å². The minimum atomic E-state index is -0.0974. The zero-order valence-electron chi connectivity index (χ0n) is 10.6. The highest BCUT2D eigenvalue weighted by atomic mass is 19.1. The third kappa shape index (κ3) is 2.12. The van der Waals surface area contributed by atoms with Gasteiger partial charge >= 0.3 is 0 Å². The molecule has 3 rings (SSSR count). The SMILES string of the molecule is Cc1cc(F)ccc1[C@@H]1CCC(C2CCC2)C1. The van der Waals surface area contributed by atoms with Crippen molar-refractivity contribution in [2.24, 2.45) is 11.8 Å². The van der Waals surface area contributed by atoms with Crippen LogP contribution in [0.2, 0.25) is 0 Å². The van der Waals surface area contributed by atoms with Crippen LogP contribution in [0.3, 0.4) is 0 Å². The molecule has 1 aromatic carbocycles. The van der Waals surface area contributed by atoms with Crippen LogP contribution in [0, 0.1) is 24.6 Å². The van der Waals surface area contributed by atoms with Gasteiger partial charge in [0.25, 0.3) is 0 Å². The van der Waals surface area contributed by atoms with Gasteiger partial charge < -0.3 is 0 Å². The van der Waals surface area contributed by atoms with Crippen LogP contribution in [0.1, 0.15) is 55.6 Å². The molecule has 0 amide bonds. The van der Waals surface area contributed by atoms with Gasteiger partial charge in [0, 0.05) is 0 Å². The lowest BCUT2D eigenvalue weighted by molar-refractivity contribution is 0.208. The Hall–Kier alpha value is -0.850. The smallest absolute Gasteiger partial charge is 0.123 e. The van der Waals surface area contributed by atoms with Crippen molar-refractivity contribution in [3.63, 3.8) is 0 Å². The first kappa shape index (κ1) is 11.3.